The first-order valence-electron chi connectivity index (χ1n) is 5.86. The first-order chi connectivity index (χ1) is 8.00. The topological polar surface area (TPSA) is 0 Å². The Morgan fingerprint density at radius 2 is 1.88 bits per heavy atom. The Morgan fingerprint density at radius 3 is 2.59 bits per heavy atom. The Hall–Kier alpha value is -1.08. The van der Waals surface area contributed by atoms with Crippen molar-refractivity contribution in [2.75, 3.05) is 0 Å². The highest BCUT2D eigenvalue weighted by atomic mass is 35.5. The van der Waals surface area contributed by atoms with E-state index in [-0.39, 0.29) is 16.6 Å². The maximum absolute atomic E-state index is 14.0. The molecule has 2 heteroatoms. The molecular formula is C15H14ClF. The molecule has 0 bridgehead atoms. The maximum Gasteiger partial charge on any atom is 0.131 e. The lowest BCUT2D eigenvalue weighted by Gasteiger charge is -2.21. The molecule has 1 unspecified atom stereocenters. The summed E-state index contributed by atoms with van der Waals surface area (Å²) in [4.78, 5) is 0. The molecule has 0 saturated carbocycles. The van der Waals surface area contributed by atoms with Crippen LogP contribution in [0.2, 0.25) is 0 Å². The molecule has 2 aromatic rings. The molecular weight excluding hydrogens is 235 g/mol. The van der Waals surface area contributed by atoms with E-state index in [0.29, 0.717) is 5.39 Å². The number of hydrogen-bond acceptors (Lipinski definition) is 0. The zero-order valence-corrected chi connectivity index (χ0v) is 10.7. The van der Waals surface area contributed by atoms with Gasteiger partial charge in [-0.2, -0.15) is 0 Å². The smallest absolute Gasteiger partial charge is 0.131 e. The van der Waals surface area contributed by atoms with Gasteiger partial charge in [0.1, 0.15) is 5.82 Å². The van der Waals surface area contributed by atoms with Crippen LogP contribution in [-0.2, 0) is 5.41 Å². The molecule has 0 amide bonds. The van der Waals surface area contributed by atoms with Crippen molar-refractivity contribution < 1.29 is 4.39 Å². The maximum atomic E-state index is 14.0. The van der Waals surface area contributed by atoms with E-state index < -0.39 is 0 Å². The third-order valence-corrected chi connectivity index (χ3v) is 4.12. The minimum Gasteiger partial charge on any atom is -0.206 e. The highest BCUT2D eigenvalue weighted by Gasteiger charge is 2.37. The molecule has 2 aromatic carbocycles. The summed E-state index contributed by atoms with van der Waals surface area (Å²) >= 11 is 6.33. The Balaban J connectivity index is 2.47. The lowest BCUT2D eigenvalue weighted by atomic mass is 9.83. The van der Waals surface area contributed by atoms with Crippen molar-refractivity contribution in [2.24, 2.45) is 0 Å². The molecule has 0 nitrogen and oxygen atoms in total. The number of hydrogen-bond donors (Lipinski definition) is 0. The summed E-state index contributed by atoms with van der Waals surface area (Å²) in [5.41, 5.74) is 2.21. The number of rotatable bonds is 0. The van der Waals surface area contributed by atoms with Gasteiger partial charge in [-0.15, -0.1) is 11.6 Å². The molecule has 1 aliphatic carbocycles. The molecule has 1 aliphatic rings. The minimum atomic E-state index is -0.164. The molecule has 0 spiro atoms. The van der Waals surface area contributed by atoms with Crippen molar-refractivity contribution in [3.8, 4) is 0 Å². The summed E-state index contributed by atoms with van der Waals surface area (Å²) in [5.74, 6) is -0.164. The Bertz CT molecular complexity index is 601. The van der Waals surface area contributed by atoms with Gasteiger partial charge in [0.05, 0.1) is 5.38 Å². The number of halogens is 2. The van der Waals surface area contributed by atoms with Crippen LogP contribution in [0.3, 0.4) is 0 Å². The zero-order chi connectivity index (χ0) is 12.2. The summed E-state index contributed by atoms with van der Waals surface area (Å²) in [7, 11) is 0. The fourth-order valence-corrected chi connectivity index (χ4v) is 3.57. The highest BCUT2D eigenvalue weighted by Crippen LogP contribution is 2.50. The van der Waals surface area contributed by atoms with Crippen LogP contribution in [0.5, 0.6) is 0 Å². The van der Waals surface area contributed by atoms with Crippen LogP contribution in [0, 0.1) is 5.82 Å². The molecule has 1 atom stereocenters. The second kappa shape index (κ2) is 3.46. The number of benzene rings is 2. The van der Waals surface area contributed by atoms with E-state index in [9.17, 15) is 4.39 Å². The van der Waals surface area contributed by atoms with Gasteiger partial charge in [-0.25, -0.2) is 4.39 Å². The van der Waals surface area contributed by atoms with Gasteiger partial charge in [-0.3, -0.25) is 0 Å². The zero-order valence-electron chi connectivity index (χ0n) is 9.93. The lowest BCUT2D eigenvalue weighted by Crippen LogP contribution is -2.12. The minimum absolute atomic E-state index is 0.0229. The van der Waals surface area contributed by atoms with Crippen LogP contribution in [0.1, 0.15) is 36.8 Å². The fraction of sp³-hybridized carbons (Fsp3) is 0.333. The average Bonchev–Trinajstić information content (AvgIpc) is 2.49. The Labute approximate surface area is 105 Å². The van der Waals surface area contributed by atoms with Gasteiger partial charge in [-0.05, 0) is 34.4 Å². The molecule has 0 heterocycles. The molecule has 0 saturated heterocycles. The fourth-order valence-electron chi connectivity index (χ4n) is 3.01. The summed E-state index contributed by atoms with van der Waals surface area (Å²) in [6.45, 7) is 4.36. The van der Waals surface area contributed by atoms with Crippen molar-refractivity contribution in [3.05, 3.63) is 47.3 Å². The summed E-state index contributed by atoms with van der Waals surface area (Å²) in [5, 5.41) is 1.64. The monoisotopic (exact) mass is 248 g/mol. The molecule has 3 rings (SSSR count). The van der Waals surface area contributed by atoms with E-state index >= 15 is 0 Å². The van der Waals surface area contributed by atoms with E-state index in [1.807, 2.05) is 24.3 Å². The van der Waals surface area contributed by atoms with E-state index in [0.717, 1.165) is 17.4 Å². The Kier molecular flexibility index (Phi) is 2.24. The Morgan fingerprint density at radius 1 is 1.24 bits per heavy atom. The quantitative estimate of drug-likeness (QED) is 0.580. The van der Waals surface area contributed by atoms with Gasteiger partial charge >= 0.3 is 0 Å². The molecule has 0 aliphatic heterocycles. The third kappa shape index (κ3) is 1.49. The summed E-state index contributed by atoms with van der Waals surface area (Å²) in [6, 6.07) is 9.28. The van der Waals surface area contributed by atoms with E-state index in [1.165, 1.54) is 5.56 Å². The van der Waals surface area contributed by atoms with E-state index in [2.05, 4.69) is 13.8 Å². The van der Waals surface area contributed by atoms with Gasteiger partial charge in [0, 0.05) is 5.39 Å². The lowest BCUT2D eigenvalue weighted by molar-refractivity contribution is 0.520. The van der Waals surface area contributed by atoms with Crippen LogP contribution in [0.15, 0.2) is 30.3 Å². The van der Waals surface area contributed by atoms with Crippen molar-refractivity contribution in [3.63, 3.8) is 0 Å². The summed E-state index contributed by atoms with van der Waals surface area (Å²) in [6.07, 6.45) is 0.872. The standard InChI is InChI=1S/C15H14ClF/c1-15(2)8-12(16)11-7-13(17)9-5-3-4-6-10(9)14(11)15/h3-7,12H,8H2,1-2H3. The normalized spacial score (nSPS) is 21.8. The molecule has 17 heavy (non-hydrogen) atoms. The van der Waals surface area contributed by atoms with E-state index in [1.54, 1.807) is 6.07 Å². The second-order valence-corrected chi connectivity index (χ2v) is 5.95. The van der Waals surface area contributed by atoms with Crippen LogP contribution < -0.4 is 0 Å². The van der Waals surface area contributed by atoms with E-state index in [4.69, 9.17) is 11.6 Å². The van der Waals surface area contributed by atoms with Gasteiger partial charge in [-0.1, -0.05) is 38.1 Å². The van der Waals surface area contributed by atoms with Crippen LogP contribution in [0.25, 0.3) is 10.8 Å². The molecule has 0 N–H and O–H groups in total. The number of alkyl halides is 1. The molecule has 88 valence electrons. The van der Waals surface area contributed by atoms with Crippen molar-refractivity contribution in [1.82, 2.24) is 0 Å². The first-order valence-corrected chi connectivity index (χ1v) is 6.30. The van der Waals surface area contributed by atoms with Crippen molar-refractivity contribution in [1.29, 1.82) is 0 Å². The SMILES string of the molecule is CC1(C)CC(Cl)c2cc(F)c3ccccc3c21. The van der Waals surface area contributed by atoms with Crippen molar-refractivity contribution in [2.45, 2.75) is 31.1 Å². The third-order valence-electron chi connectivity index (χ3n) is 3.73. The molecule has 0 radical (unpaired) electrons. The second-order valence-electron chi connectivity index (χ2n) is 5.42. The van der Waals surface area contributed by atoms with Crippen LogP contribution >= 0.6 is 11.6 Å². The molecule has 0 fully saturated rings. The largest absolute Gasteiger partial charge is 0.206 e. The van der Waals surface area contributed by atoms with Gasteiger partial charge in [0.2, 0.25) is 0 Å². The average molecular weight is 249 g/mol. The van der Waals surface area contributed by atoms with Crippen molar-refractivity contribution >= 4 is 22.4 Å². The van der Waals surface area contributed by atoms with Gasteiger partial charge in [0.15, 0.2) is 0 Å². The van der Waals surface area contributed by atoms with Crippen LogP contribution in [-0.4, -0.2) is 0 Å². The first kappa shape index (κ1) is 11.0. The predicted octanol–water partition coefficient (Wildman–Crippen LogP) is 4.94. The van der Waals surface area contributed by atoms with Gasteiger partial charge < -0.3 is 0 Å². The highest BCUT2D eigenvalue weighted by molar-refractivity contribution is 6.21. The number of fused-ring (bicyclic) bond motifs is 3. The predicted molar refractivity (Wildman–Crippen MR) is 70.1 cm³/mol. The van der Waals surface area contributed by atoms with Gasteiger partial charge in [0.25, 0.3) is 0 Å². The summed E-state index contributed by atoms with van der Waals surface area (Å²) < 4.78 is 14.0. The molecule has 0 aromatic heterocycles. The van der Waals surface area contributed by atoms with Crippen LogP contribution in [0.4, 0.5) is 4.39 Å².